The number of hydrogen-bond acceptors (Lipinski definition) is 4. The van der Waals surface area contributed by atoms with Crippen LogP contribution in [0.25, 0.3) is 0 Å². The molecule has 19 heavy (non-hydrogen) atoms. The fourth-order valence-electron chi connectivity index (χ4n) is 1.67. The number of primary amides is 1. The highest BCUT2D eigenvalue weighted by atomic mass is 16.5. The van der Waals surface area contributed by atoms with Crippen LogP contribution in [0.3, 0.4) is 0 Å². The summed E-state index contributed by atoms with van der Waals surface area (Å²) in [5.74, 6) is 1.12. The van der Waals surface area contributed by atoms with Gasteiger partial charge >= 0.3 is 0 Å². The lowest BCUT2D eigenvalue weighted by molar-refractivity contribution is -0.118. The summed E-state index contributed by atoms with van der Waals surface area (Å²) in [7, 11) is 1.62. The summed E-state index contributed by atoms with van der Waals surface area (Å²) in [5, 5.41) is 0. The van der Waals surface area contributed by atoms with E-state index in [-0.39, 0.29) is 25.0 Å². The third-order valence-corrected chi connectivity index (χ3v) is 2.88. The van der Waals surface area contributed by atoms with Gasteiger partial charge in [0.05, 0.1) is 20.1 Å². The van der Waals surface area contributed by atoms with E-state index in [2.05, 4.69) is 0 Å². The van der Waals surface area contributed by atoms with Crippen LogP contribution in [0.4, 0.5) is 0 Å². The number of methoxy groups -OCH3 is 1. The molecule has 4 N–H and O–H groups in total. The Kier molecular flexibility index (Phi) is 6.15. The van der Waals surface area contributed by atoms with Crippen LogP contribution in [0.15, 0.2) is 18.2 Å². The van der Waals surface area contributed by atoms with Crippen molar-refractivity contribution < 1.29 is 14.3 Å². The maximum Gasteiger partial charge on any atom is 0.220 e. The summed E-state index contributed by atoms with van der Waals surface area (Å²) >= 11 is 0. The van der Waals surface area contributed by atoms with Crippen molar-refractivity contribution in [2.75, 3.05) is 13.7 Å². The average molecular weight is 266 g/mol. The van der Waals surface area contributed by atoms with E-state index in [0.717, 1.165) is 23.5 Å². The van der Waals surface area contributed by atoms with Gasteiger partial charge in [0, 0.05) is 6.04 Å². The van der Waals surface area contributed by atoms with Crippen LogP contribution >= 0.6 is 0 Å². The highest BCUT2D eigenvalue weighted by Crippen LogP contribution is 2.25. The summed E-state index contributed by atoms with van der Waals surface area (Å²) in [5.41, 5.74) is 12.0. The van der Waals surface area contributed by atoms with E-state index >= 15 is 0 Å². The molecule has 106 valence electrons. The van der Waals surface area contributed by atoms with Crippen molar-refractivity contribution in [3.8, 4) is 11.5 Å². The summed E-state index contributed by atoms with van der Waals surface area (Å²) in [6.45, 7) is 2.31. The second kappa shape index (κ2) is 7.63. The van der Waals surface area contributed by atoms with Gasteiger partial charge in [0.1, 0.15) is 11.5 Å². The van der Waals surface area contributed by atoms with Crippen LogP contribution in [0.5, 0.6) is 11.5 Å². The Morgan fingerprint density at radius 1 is 1.42 bits per heavy atom. The first kappa shape index (κ1) is 15.3. The molecule has 5 nitrogen and oxygen atoms in total. The summed E-state index contributed by atoms with van der Waals surface area (Å²) in [6.07, 6.45) is 1.79. The number of amides is 1. The van der Waals surface area contributed by atoms with Crippen molar-refractivity contribution in [2.24, 2.45) is 11.5 Å². The van der Waals surface area contributed by atoms with Gasteiger partial charge in [0.15, 0.2) is 0 Å². The lowest BCUT2D eigenvalue weighted by Crippen LogP contribution is -2.22. The molecule has 0 heterocycles. The van der Waals surface area contributed by atoms with E-state index in [4.69, 9.17) is 20.9 Å². The normalized spacial score (nSPS) is 11.9. The van der Waals surface area contributed by atoms with E-state index in [1.54, 1.807) is 7.11 Å². The molecule has 0 aromatic heterocycles. The maximum atomic E-state index is 10.7. The summed E-state index contributed by atoms with van der Waals surface area (Å²) < 4.78 is 10.8. The molecule has 0 bridgehead atoms. The number of hydrogen-bond donors (Lipinski definition) is 2. The van der Waals surface area contributed by atoms with Crippen molar-refractivity contribution in [1.82, 2.24) is 0 Å². The zero-order chi connectivity index (χ0) is 14.3. The maximum absolute atomic E-state index is 10.7. The topological polar surface area (TPSA) is 87.6 Å². The van der Waals surface area contributed by atoms with Crippen molar-refractivity contribution in [2.45, 2.75) is 32.2 Å². The van der Waals surface area contributed by atoms with Crippen LogP contribution in [0.1, 0.15) is 25.3 Å². The number of carbonyl (C=O) groups is 1. The SMILES string of the molecule is CCC(N)Cc1cc(OC)ccc1OCCC(N)=O. The van der Waals surface area contributed by atoms with E-state index in [0.29, 0.717) is 6.42 Å². The molecule has 1 rings (SSSR count). The number of benzene rings is 1. The average Bonchev–Trinajstić information content (AvgIpc) is 2.39. The predicted octanol–water partition coefficient (Wildman–Crippen LogP) is 1.23. The fraction of sp³-hybridized carbons (Fsp3) is 0.500. The molecule has 1 aromatic carbocycles. The number of rotatable bonds is 8. The highest BCUT2D eigenvalue weighted by Gasteiger charge is 2.10. The Hall–Kier alpha value is -1.75. The highest BCUT2D eigenvalue weighted by molar-refractivity contribution is 5.73. The van der Waals surface area contributed by atoms with Gasteiger partial charge in [-0.3, -0.25) is 4.79 Å². The van der Waals surface area contributed by atoms with E-state index in [9.17, 15) is 4.79 Å². The Morgan fingerprint density at radius 3 is 2.74 bits per heavy atom. The second-order valence-electron chi connectivity index (χ2n) is 4.41. The minimum absolute atomic E-state index is 0.0746. The van der Waals surface area contributed by atoms with Crippen molar-refractivity contribution in [1.29, 1.82) is 0 Å². The minimum atomic E-state index is -0.375. The van der Waals surface area contributed by atoms with Gasteiger partial charge < -0.3 is 20.9 Å². The van der Waals surface area contributed by atoms with Gasteiger partial charge in [-0.1, -0.05) is 6.92 Å². The number of carbonyl (C=O) groups excluding carboxylic acids is 1. The van der Waals surface area contributed by atoms with Gasteiger partial charge in [0.25, 0.3) is 0 Å². The van der Waals surface area contributed by atoms with Crippen molar-refractivity contribution in [3.63, 3.8) is 0 Å². The lowest BCUT2D eigenvalue weighted by Gasteiger charge is -2.15. The largest absolute Gasteiger partial charge is 0.497 e. The first-order chi connectivity index (χ1) is 9.06. The zero-order valence-corrected chi connectivity index (χ0v) is 11.5. The monoisotopic (exact) mass is 266 g/mol. The molecule has 0 radical (unpaired) electrons. The van der Waals surface area contributed by atoms with Crippen LogP contribution in [0, 0.1) is 0 Å². The summed E-state index contributed by atoms with van der Waals surface area (Å²) in [6, 6.07) is 5.64. The Balaban J connectivity index is 2.79. The lowest BCUT2D eigenvalue weighted by atomic mass is 10.0. The molecule has 0 aliphatic heterocycles. The summed E-state index contributed by atoms with van der Waals surface area (Å²) in [4.78, 5) is 10.7. The first-order valence-corrected chi connectivity index (χ1v) is 6.40. The Bertz CT molecular complexity index is 421. The molecule has 5 heteroatoms. The van der Waals surface area contributed by atoms with E-state index < -0.39 is 0 Å². The fourth-order valence-corrected chi connectivity index (χ4v) is 1.67. The van der Waals surface area contributed by atoms with Gasteiger partial charge in [-0.15, -0.1) is 0 Å². The van der Waals surface area contributed by atoms with Gasteiger partial charge in [0.2, 0.25) is 5.91 Å². The van der Waals surface area contributed by atoms with Crippen LogP contribution in [-0.2, 0) is 11.2 Å². The molecule has 1 amide bonds. The molecule has 0 fully saturated rings. The number of nitrogens with two attached hydrogens (primary N) is 2. The molecule has 1 unspecified atom stereocenters. The molecule has 0 saturated heterocycles. The molecule has 1 aromatic rings. The molecule has 1 atom stereocenters. The standard InChI is InChI=1S/C14H22N2O3/c1-3-11(15)8-10-9-12(18-2)4-5-13(10)19-7-6-14(16)17/h4-5,9,11H,3,6-8,15H2,1-2H3,(H2,16,17). The molecular formula is C14H22N2O3. The van der Waals surface area contributed by atoms with E-state index in [1.807, 2.05) is 25.1 Å². The zero-order valence-electron chi connectivity index (χ0n) is 11.5. The van der Waals surface area contributed by atoms with Crippen LogP contribution < -0.4 is 20.9 Å². The second-order valence-corrected chi connectivity index (χ2v) is 4.41. The molecule has 0 aliphatic carbocycles. The third-order valence-electron chi connectivity index (χ3n) is 2.88. The van der Waals surface area contributed by atoms with Crippen LogP contribution in [-0.4, -0.2) is 25.7 Å². The quantitative estimate of drug-likeness (QED) is 0.740. The smallest absolute Gasteiger partial charge is 0.220 e. The predicted molar refractivity (Wildman–Crippen MR) is 74.3 cm³/mol. The van der Waals surface area contributed by atoms with Gasteiger partial charge in [-0.2, -0.15) is 0 Å². The van der Waals surface area contributed by atoms with Gasteiger partial charge in [-0.25, -0.2) is 0 Å². The van der Waals surface area contributed by atoms with Crippen molar-refractivity contribution in [3.05, 3.63) is 23.8 Å². The first-order valence-electron chi connectivity index (χ1n) is 6.40. The van der Waals surface area contributed by atoms with Gasteiger partial charge in [-0.05, 0) is 36.6 Å². The molecule has 0 spiro atoms. The third kappa shape index (κ3) is 5.18. The minimum Gasteiger partial charge on any atom is -0.497 e. The molecular weight excluding hydrogens is 244 g/mol. The Morgan fingerprint density at radius 2 is 2.16 bits per heavy atom. The Labute approximate surface area is 113 Å². The van der Waals surface area contributed by atoms with Crippen LogP contribution in [0.2, 0.25) is 0 Å². The van der Waals surface area contributed by atoms with Crippen molar-refractivity contribution >= 4 is 5.91 Å². The molecule has 0 saturated carbocycles. The van der Waals surface area contributed by atoms with E-state index in [1.165, 1.54) is 0 Å². The number of ether oxygens (including phenoxy) is 2. The molecule has 0 aliphatic rings.